The molecule has 116 valence electrons. The van der Waals surface area contributed by atoms with Gasteiger partial charge in [-0.05, 0) is 36.4 Å². The molecule has 0 aliphatic heterocycles. The molecule has 0 unspecified atom stereocenters. The SMILES string of the molecule is Fc1ccc(Nc2nncc(Nc3cccc(Cl)c3Cl)n2)cc1. The topological polar surface area (TPSA) is 62.7 Å². The van der Waals surface area contributed by atoms with E-state index in [1.807, 2.05) is 0 Å². The standard InChI is InChI=1S/C15H10Cl2FN5/c16-11-2-1-3-12(14(11)17)21-13-8-19-23-15(22-13)20-10-6-4-9(18)5-7-10/h1-8H,(H2,20,21,22,23). The molecule has 8 heteroatoms. The highest BCUT2D eigenvalue weighted by atomic mass is 35.5. The number of hydrogen-bond acceptors (Lipinski definition) is 5. The predicted octanol–water partition coefficient (Wildman–Crippen LogP) is 4.80. The van der Waals surface area contributed by atoms with Crippen LogP contribution in [0.15, 0.2) is 48.7 Å². The lowest BCUT2D eigenvalue weighted by molar-refractivity contribution is 0.628. The highest BCUT2D eigenvalue weighted by molar-refractivity contribution is 6.43. The Labute approximate surface area is 141 Å². The van der Waals surface area contributed by atoms with Gasteiger partial charge in [-0.1, -0.05) is 29.3 Å². The molecule has 23 heavy (non-hydrogen) atoms. The number of aromatic nitrogens is 3. The zero-order valence-electron chi connectivity index (χ0n) is 11.6. The first-order valence-electron chi connectivity index (χ1n) is 6.55. The number of nitrogens with zero attached hydrogens (tertiary/aromatic N) is 3. The molecule has 0 aliphatic rings. The van der Waals surface area contributed by atoms with E-state index in [4.69, 9.17) is 23.2 Å². The van der Waals surface area contributed by atoms with Gasteiger partial charge in [-0.25, -0.2) is 4.39 Å². The third-order valence-corrected chi connectivity index (χ3v) is 3.69. The molecule has 0 radical (unpaired) electrons. The molecular formula is C15H10Cl2FN5. The zero-order valence-corrected chi connectivity index (χ0v) is 13.1. The first-order valence-corrected chi connectivity index (χ1v) is 7.31. The van der Waals surface area contributed by atoms with Crippen molar-refractivity contribution in [2.75, 3.05) is 10.6 Å². The number of hydrogen-bond donors (Lipinski definition) is 2. The summed E-state index contributed by atoms with van der Waals surface area (Å²) in [4.78, 5) is 4.27. The molecule has 1 aromatic heterocycles. The summed E-state index contributed by atoms with van der Waals surface area (Å²) in [5.74, 6) is 0.383. The molecule has 0 spiro atoms. The van der Waals surface area contributed by atoms with Crippen LogP contribution in [-0.2, 0) is 0 Å². The highest BCUT2D eigenvalue weighted by Crippen LogP contribution is 2.31. The summed E-state index contributed by atoms with van der Waals surface area (Å²) in [6, 6.07) is 11.0. The Morgan fingerprint density at radius 1 is 0.957 bits per heavy atom. The van der Waals surface area contributed by atoms with E-state index in [1.165, 1.54) is 18.3 Å². The van der Waals surface area contributed by atoms with Gasteiger partial charge in [-0.2, -0.15) is 10.1 Å². The molecule has 0 aliphatic carbocycles. The van der Waals surface area contributed by atoms with Gasteiger partial charge in [0.25, 0.3) is 0 Å². The molecule has 0 fully saturated rings. The second kappa shape index (κ2) is 6.76. The lowest BCUT2D eigenvalue weighted by Crippen LogP contribution is -2.02. The number of halogens is 3. The smallest absolute Gasteiger partial charge is 0.249 e. The first-order chi connectivity index (χ1) is 11.1. The highest BCUT2D eigenvalue weighted by Gasteiger charge is 2.07. The molecule has 0 bridgehead atoms. The zero-order chi connectivity index (χ0) is 16.2. The van der Waals surface area contributed by atoms with Crippen LogP contribution in [0.4, 0.5) is 27.5 Å². The lowest BCUT2D eigenvalue weighted by atomic mass is 10.3. The average molecular weight is 350 g/mol. The van der Waals surface area contributed by atoms with Crippen LogP contribution >= 0.6 is 23.2 Å². The maximum Gasteiger partial charge on any atom is 0.249 e. The Morgan fingerprint density at radius 2 is 1.74 bits per heavy atom. The van der Waals surface area contributed by atoms with Crippen molar-refractivity contribution in [3.8, 4) is 0 Å². The van der Waals surface area contributed by atoms with Crippen LogP contribution in [0.5, 0.6) is 0 Å². The van der Waals surface area contributed by atoms with Crippen molar-refractivity contribution < 1.29 is 4.39 Å². The molecule has 0 saturated heterocycles. The molecular weight excluding hydrogens is 340 g/mol. The minimum atomic E-state index is -0.319. The fourth-order valence-electron chi connectivity index (χ4n) is 1.82. The summed E-state index contributed by atoms with van der Waals surface area (Å²) in [5, 5.41) is 14.5. The molecule has 2 N–H and O–H groups in total. The van der Waals surface area contributed by atoms with Crippen LogP contribution in [0.25, 0.3) is 0 Å². The number of anilines is 4. The van der Waals surface area contributed by atoms with Crippen molar-refractivity contribution >= 4 is 46.3 Å². The molecule has 1 heterocycles. The van der Waals surface area contributed by atoms with Crippen molar-refractivity contribution in [3.63, 3.8) is 0 Å². The van der Waals surface area contributed by atoms with Crippen LogP contribution in [0.3, 0.4) is 0 Å². The van der Waals surface area contributed by atoms with Gasteiger partial charge < -0.3 is 10.6 Å². The van der Waals surface area contributed by atoms with Crippen LogP contribution in [0, 0.1) is 5.82 Å². The average Bonchev–Trinajstić information content (AvgIpc) is 2.54. The van der Waals surface area contributed by atoms with E-state index in [2.05, 4.69) is 25.8 Å². The van der Waals surface area contributed by atoms with Crippen molar-refractivity contribution in [1.82, 2.24) is 15.2 Å². The fourth-order valence-corrected chi connectivity index (χ4v) is 2.17. The monoisotopic (exact) mass is 349 g/mol. The Balaban J connectivity index is 1.79. The molecule has 3 rings (SSSR count). The van der Waals surface area contributed by atoms with Gasteiger partial charge in [0, 0.05) is 5.69 Å². The van der Waals surface area contributed by atoms with Crippen LogP contribution in [-0.4, -0.2) is 15.2 Å². The molecule has 0 saturated carbocycles. The van der Waals surface area contributed by atoms with Gasteiger partial charge in [0.05, 0.1) is 21.9 Å². The number of benzene rings is 2. The van der Waals surface area contributed by atoms with Gasteiger partial charge in [0.1, 0.15) is 5.82 Å². The van der Waals surface area contributed by atoms with Gasteiger partial charge in [0.2, 0.25) is 5.95 Å². The first kappa shape index (κ1) is 15.5. The number of rotatable bonds is 4. The summed E-state index contributed by atoms with van der Waals surface area (Å²) in [7, 11) is 0. The van der Waals surface area contributed by atoms with E-state index in [-0.39, 0.29) is 11.8 Å². The van der Waals surface area contributed by atoms with Gasteiger partial charge >= 0.3 is 0 Å². The molecule has 0 atom stereocenters. The normalized spacial score (nSPS) is 10.4. The summed E-state index contributed by atoms with van der Waals surface area (Å²) in [6.07, 6.45) is 1.45. The maximum atomic E-state index is 12.9. The maximum absolute atomic E-state index is 12.9. The van der Waals surface area contributed by atoms with E-state index in [9.17, 15) is 4.39 Å². The second-order valence-corrected chi connectivity index (χ2v) is 5.31. The largest absolute Gasteiger partial charge is 0.338 e. The minimum Gasteiger partial charge on any atom is -0.338 e. The Morgan fingerprint density at radius 3 is 2.52 bits per heavy atom. The van der Waals surface area contributed by atoms with Gasteiger partial charge in [-0.15, -0.1) is 5.10 Å². The lowest BCUT2D eigenvalue weighted by Gasteiger charge is -2.09. The molecule has 0 amide bonds. The van der Waals surface area contributed by atoms with E-state index in [0.29, 0.717) is 27.2 Å². The third-order valence-electron chi connectivity index (χ3n) is 2.87. The summed E-state index contributed by atoms with van der Waals surface area (Å²) >= 11 is 12.1. The van der Waals surface area contributed by atoms with Crippen molar-refractivity contribution in [2.24, 2.45) is 0 Å². The Hall–Kier alpha value is -2.44. The fraction of sp³-hybridized carbons (Fsp3) is 0. The minimum absolute atomic E-state index is 0.264. The van der Waals surface area contributed by atoms with E-state index in [1.54, 1.807) is 30.3 Å². The van der Waals surface area contributed by atoms with Crippen LogP contribution < -0.4 is 10.6 Å². The predicted molar refractivity (Wildman–Crippen MR) is 89.3 cm³/mol. The van der Waals surface area contributed by atoms with Gasteiger partial charge in [-0.3, -0.25) is 0 Å². The van der Waals surface area contributed by atoms with E-state index in [0.717, 1.165) is 0 Å². The molecule has 3 aromatic rings. The Bertz CT molecular complexity index is 826. The Kier molecular flexibility index (Phi) is 4.55. The van der Waals surface area contributed by atoms with E-state index < -0.39 is 0 Å². The summed E-state index contributed by atoms with van der Waals surface area (Å²) < 4.78 is 12.9. The second-order valence-electron chi connectivity index (χ2n) is 4.52. The van der Waals surface area contributed by atoms with E-state index >= 15 is 0 Å². The summed E-state index contributed by atoms with van der Waals surface area (Å²) in [6.45, 7) is 0. The van der Waals surface area contributed by atoms with Crippen LogP contribution in [0.2, 0.25) is 10.0 Å². The summed E-state index contributed by atoms with van der Waals surface area (Å²) in [5.41, 5.74) is 1.25. The quantitative estimate of drug-likeness (QED) is 0.707. The van der Waals surface area contributed by atoms with Crippen molar-refractivity contribution in [3.05, 3.63) is 64.5 Å². The van der Waals surface area contributed by atoms with Crippen molar-refractivity contribution in [1.29, 1.82) is 0 Å². The molecule has 5 nitrogen and oxygen atoms in total. The molecule has 2 aromatic carbocycles. The number of nitrogens with one attached hydrogen (secondary N) is 2. The third kappa shape index (κ3) is 3.85. The van der Waals surface area contributed by atoms with Crippen molar-refractivity contribution in [2.45, 2.75) is 0 Å². The van der Waals surface area contributed by atoms with Gasteiger partial charge in [0.15, 0.2) is 5.82 Å². The van der Waals surface area contributed by atoms with Crippen LogP contribution in [0.1, 0.15) is 0 Å².